The zero-order chi connectivity index (χ0) is 31.2. The van der Waals surface area contributed by atoms with Crippen molar-refractivity contribution in [2.24, 2.45) is 10.2 Å². The molecule has 0 unspecified atom stereocenters. The van der Waals surface area contributed by atoms with Gasteiger partial charge in [-0.05, 0) is 64.1 Å². The first-order chi connectivity index (χ1) is 20.3. The molecule has 0 aliphatic heterocycles. The van der Waals surface area contributed by atoms with E-state index in [0.29, 0.717) is 11.4 Å². The third kappa shape index (κ3) is 8.45. The van der Waals surface area contributed by atoms with Crippen LogP contribution in [0.4, 0.5) is 27.8 Å². The van der Waals surface area contributed by atoms with E-state index in [4.69, 9.17) is 10.5 Å². The van der Waals surface area contributed by atoms with Crippen LogP contribution in [0.1, 0.15) is 32.0 Å². The quantitative estimate of drug-likeness (QED) is 0.225. The summed E-state index contributed by atoms with van der Waals surface area (Å²) < 4.78 is 32.4. The third-order valence-corrected chi connectivity index (χ3v) is 7.44. The second-order valence-electron chi connectivity index (χ2n) is 10.5. The van der Waals surface area contributed by atoms with E-state index >= 15 is 0 Å². The van der Waals surface area contributed by atoms with E-state index in [1.807, 2.05) is 25.1 Å². The minimum absolute atomic E-state index is 0.0224. The van der Waals surface area contributed by atoms with Crippen molar-refractivity contribution >= 4 is 45.0 Å². The Morgan fingerprint density at radius 3 is 2.37 bits per heavy atom. The summed E-state index contributed by atoms with van der Waals surface area (Å²) in [6.07, 6.45) is 1.43. The molecule has 2 aromatic heterocycles. The molecule has 0 saturated heterocycles. The lowest BCUT2D eigenvalue weighted by molar-refractivity contribution is -0.118. The molecule has 2 heterocycles. The number of nitrogens with zero attached hydrogens (tertiary/aromatic N) is 5. The van der Waals surface area contributed by atoms with E-state index in [1.165, 1.54) is 30.5 Å². The smallest absolute Gasteiger partial charge is 0.408 e. The lowest BCUT2D eigenvalue weighted by Gasteiger charge is -2.23. The van der Waals surface area contributed by atoms with Gasteiger partial charge in [-0.25, -0.2) is 27.2 Å². The number of ether oxygens (including phenoxy) is 1. The molecule has 0 aliphatic carbocycles. The number of pyridine rings is 1. The number of hydrogen-bond acceptors (Lipinski definition) is 10. The van der Waals surface area contributed by atoms with Crippen molar-refractivity contribution in [3.63, 3.8) is 0 Å². The van der Waals surface area contributed by atoms with Crippen LogP contribution in [0.3, 0.4) is 0 Å². The Kier molecular flexibility index (Phi) is 9.19. The average molecular weight is 605 g/mol. The fraction of sp³-hybridized carbons (Fsp3) is 0.241. The Labute approximate surface area is 249 Å². The van der Waals surface area contributed by atoms with Crippen LogP contribution in [0, 0.1) is 6.92 Å². The van der Waals surface area contributed by atoms with Crippen LogP contribution in [0.5, 0.6) is 0 Å². The molecule has 0 fully saturated rings. The van der Waals surface area contributed by atoms with E-state index < -0.39 is 33.7 Å². The van der Waals surface area contributed by atoms with Crippen LogP contribution in [-0.2, 0) is 26.0 Å². The van der Waals surface area contributed by atoms with E-state index in [2.05, 4.69) is 30.8 Å². The molecule has 0 spiro atoms. The van der Waals surface area contributed by atoms with Crippen LogP contribution >= 0.6 is 0 Å². The maximum absolute atomic E-state index is 13.3. The fourth-order valence-corrected chi connectivity index (χ4v) is 4.88. The Balaban J connectivity index is 1.52. The normalized spacial score (nSPS) is 12.6. The molecule has 14 heteroatoms. The molecule has 0 radical (unpaired) electrons. The van der Waals surface area contributed by atoms with E-state index in [-0.39, 0.29) is 28.6 Å². The zero-order valence-corrected chi connectivity index (χ0v) is 24.9. The van der Waals surface area contributed by atoms with Crippen molar-refractivity contribution in [1.82, 2.24) is 19.3 Å². The van der Waals surface area contributed by atoms with Gasteiger partial charge in [-0.15, -0.1) is 5.11 Å². The number of aryl methyl sites for hydroxylation is 1. The number of benzene rings is 2. The van der Waals surface area contributed by atoms with Gasteiger partial charge in [0.2, 0.25) is 5.91 Å². The third-order valence-electron chi connectivity index (χ3n) is 5.81. The van der Waals surface area contributed by atoms with E-state index in [9.17, 15) is 18.0 Å². The molecule has 13 nitrogen and oxygen atoms in total. The highest BCUT2D eigenvalue weighted by atomic mass is 32.2. The maximum atomic E-state index is 13.3. The molecule has 0 saturated carbocycles. The van der Waals surface area contributed by atoms with Gasteiger partial charge >= 0.3 is 6.09 Å². The molecular formula is C29H32N8O5S. The number of amides is 2. The summed E-state index contributed by atoms with van der Waals surface area (Å²) >= 11 is 0. The van der Waals surface area contributed by atoms with Crippen LogP contribution in [0.25, 0.3) is 0 Å². The zero-order valence-electron chi connectivity index (χ0n) is 24.1. The minimum atomic E-state index is -3.92. The molecule has 4 N–H and O–H groups in total. The molecule has 0 aliphatic rings. The number of rotatable bonds is 9. The number of aromatic nitrogens is 3. The van der Waals surface area contributed by atoms with Gasteiger partial charge in [0, 0.05) is 12.6 Å². The Morgan fingerprint density at radius 2 is 1.72 bits per heavy atom. The SMILES string of the molecule is Cc1ccc(S(=O)(=O)n2cnc(C[C@H](NC(=O)OC(C)(C)C)C(=O)Nc3ccc(N=Nc4ccccc4)c(N)n3)c2)cc1. The van der Waals surface area contributed by atoms with Gasteiger partial charge in [-0.3, -0.25) is 4.79 Å². The Morgan fingerprint density at radius 1 is 1.02 bits per heavy atom. The monoisotopic (exact) mass is 604 g/mol. The number of azo groups is 1. The van der Waals surface area contributed by atoms with Crippen molar-refractivity contribution in [3.8, 4) is 0 Å². The van der Waals surface area contributed by atoms with Crippen molar-refractivity contribution in [2.45, 2.75) is 50.7 Å². The number of imidazole rings is 1. The highest BCUT2D eigenvalue weighted by Crippen LogP contribution is 2.25. The summed E-state index contributed by atoms with van der Waals surface area (Å²) in [4.78, 5) is 34.3. The summed E-state index contributed by atoms with van der Waals surface area (Å²) in [5.74, 6) is -0.536. The largest absolute Gasteiger partial charge is 0.444 e. The highest BCUT2D eigenvalue weighted by molar-refractivity contribution is 7.90. The lowest BCUT2D eigenvalue weighted by Crippen LogP contribution is -2.47. The van der Waals surface area contributed by atoms with Gasteiger partial charge in [-0.1, -0.05) is 35.9 Å². The average Bonchev–Trinajstić information content (AvgIpc) is 3.42. The van der Waals surface area contributed by atoms with Gasteiger partial charge in [-0.2, -0.15) is 5.11 Å². The number of nitrogens with two attached hydrogens (primary N) is 1. The number of carbonyl (C=O) groups is 2. The summed E-state index contributed by atoms with van der Waals surface area (Å²) in [7, 11) is -3.92. The van der Waals surface area contributed by atoms with Crippen molar-refractivity contribution in [3.05, 3.63) is 90.5 Å². The number of nitrogen functional groups attached to an aromatic ring is 1. The first kappa shape index (κ1) is 30.8. The Bertz CT molecular complexity index is 1730. The highest BCUT2D eigenvalue weighted by Gasteiger charge is 2.27. The lowest BCUT2D eigenvalue weighted by atomic mass is 10.1. The summed E-state index contributed by atoms with van der Waals surface area (Å²) in [5, 5.41) is 13.4. The molecule has 1 atom stereocenters. The summed E-state index contributed by atoms with van der Waals surface area (Å²) in [6, 6.07) is 17.3. The number of nitrogens with one attached hydrogen (secondary N) is 2. The number of hydrogen-bond donors (Lipinski definition) is 3. The van der Waals surface area contributed by atoms with Crippen LogP contribution < -0.4 is 16.4 Å². The number of anilines is 2. The standard InChI is InChI=1S/C29H32N8O5S/c1-19-10-12-22(13-11-19)43(40,41)37-17-21(31-18-37)16-24(32-28(39)42-29(2,3)4)27(38)34-25-15-14-23(26(30)33-25)36-35-20-8-6-5-7-9-20/h5-15,17-18,24H,16H2,1-4H3,(H,32,39)(H3,30,33,34,38)/t24-/m0/s1. The van der Waals surface area contributed by atoms with Crippen LogP contribution in [0.2, 0.25) is 0 Å². The van der Waals surface area contributed by atoms with Crippen LogP contribution in [-0.4, -0.2) is 46.0 Å². The van der Waals surface area contributed by atoms with E-state index in [1.54, 1.807) is 45.0 Å². The van der Waals surface area contributed by atoms with Gasteiger partial charge in [0.05, 0.1) is 16.3 Å². The van der Waals surface area contributed by atoms with E-state index in [0.717, 1.165) is 15.9 Å². The number of carbonyl (C=O) groups excluding carboxylic acids is 2. The molecule has 4 rings (SSSR count). The summed E-state index contributed by atoms with van der Waals surface area (Å²) in [6.45, 7) is 6.90. The predicted molar refractivity (Wildman–Crippen MR) is 161 cm³/mol. The first-order valence-corrected chi connectivity index (χ1v) is 14.6. The minimum Gasteiger partial charge on any atom is -0.444 e. The molecule has 224 valence electrons. The predicted octanol–water partition coefficient (Wildman–Crippen LogP) is 4.90. The number of alkyl carbamates (subject to hydrolysis) is 1. The van der Waals surface area contributed by atoms with Gasteiger partial charge in [0.15, 0.2) is 5.82 Å². The van der Waals surface area contributed by atoms with Crippen molar-refractivity contribution < 1.29 is 22.7 Å². The maximum Gasteiger partial charge on any atom is 0.408 e. The fourth-order valence-electron chi connectivity index (χ4n) is 3.72. The second kappa shape index (κ2) is 12.8. The Hall–Kier alpha value is -5.11. The van der Waals surface area contributed by atoms with Gasteiger partial charge < -0.3 is 21.1 Å². The summed E-state index contributed by atoms with van der Waals surface area (Å²) in [5.41, 5.74) is 7.28. The van der Waals surface area contributed by atoms with Gasteiger partial charge in [0.1, 0.15) is 29.5 Å². The molecule has 2 amide bonds. The van der Waals surface area contributed by atoms with Crippen molar-refractivity contribution in [2.75, 3.05) is 11.1 Å². The molecule has 43 heavy (non-hydrogen) atoms. The van der Waals surface area contributed by atoms with Crippen molar-refractivity contribution in [1.29, 1.82) is 0 Å². The van der Waals surface area contributed by atoms with Crippen LogP contribution in [0.15, 0.2) is 94.4 Å². The topological polar surface area (TPSA) is 183 Å². The molecular weight excluding hydrogens is 572 g/mol. The molecule has 0 bridgehead atoms. The first-order valence-electron chi connectivity index (χ1n) is 13.2. The second-order valence-corrected chi connectivity index (χ2v) is 12.4. The molecule has 4 aromatic rings. The molecule has 2 aromatic carbocycles. The van der Waals surface area contributed by atoms with Gasteiger partial charge in [0.25, 0.3) is 10.0 Å².